The summed E-state index contributed by atoms with van der Waals surface area (Å²) in [6.45, 7) is 2.13. The van der Waals surface area contributed by atoms with Crippen molar-refractivity contribution in [2.45, 2.75) is 32.2 Å². The van der Waals surface area contributed by atoms with E-state index in [-0.39, 0.29) is 11.8 Å². The maximum Gasteiger partial charge on any atom is 0.124 e. The molecular weight excluding hydrogens is 190 g/mol. The van der Waals surface area contributed by atoms with E-state index in [1.54, 1.807) is 13.2 Å². The number of ether oxygens (including phenoxy) is 1. The van der Waals surface area contributed by atoms with Crippen LogP contribution in [0.4, 0.5) is 0 Å². The summed E-state index contributed by atoms with van der Waals surface area (Å²) >= 11 is 0. The number of phenolic OH excluding ortho intramolecular Hbond substituents is 1. The smallest absolute Gasteiger partial charge is 0.124 e. The lowest BCUT2D eigenvalue weighted by atomic mass is 10.0. The predicted molar refractivity (Wildman–Crippen MR) is 61.1 cm³/mol. The SMILES string of the molecule is CCCC[C@@H](N)c1ccc(OC)cc1O. The molecule has 0 spiro atoms. The highest BCUT2D eigenvalue weighted by Crippen LogP contribution is 2.29. The van der Waals surface area contributed by atoms with Crippen molar-refractivity contribution in [2.24, 2.45) is 5.73 Å². The van der Waals surface area contributed by atoms with Gasteiger partial charge in [-0.3, -0.25) is 0 Å². The molecule has 1 aromatic carbocycles. The maximum atomic E-state index is 9.73. The van der Waals surface area contributed by atoms with Crippen molar-refractivity contribution < 1.29 is 9.84 Å². The van der Waals surface area contributed by atoms with Gasteiger partial charge in [-0.1, -0.05) is 25.8 Å². The van der Waals surface area contributed by atoms with Gasteiger partial charge >= 0.3 is 0 Å². The van der Waals surface area contributed by atoms with Gasteiger partial charge in [-0.05, 0) is 12.5 Å². The number of phenols is 1. The van der Waals surface area contributed by atoms with Crippen molar-refractivity contribution in [1.82, 2.24) is 0 Å². The summed E-state index contributed by atoms with van der Waals surface area (Å²) in [5, 5.41) is 9.73. The Morgan fingerprint density at radius 3 is 2.73 bits per heavy atom. The van der Waals surface area contributed by atoms with E-state index in [1.807, 2.05) is 12.1 Å². The Hall–Kier alpha value is -1.22. The number of hydrogen-bond donors (Lipinski definition) is 2. The van der Waals surface area contributed by atoms with Crippen LogP contribution < -0.4 is 10.5 Å². The van der Waals surface area contributed by atoms with Crippen LogP contribution in [0.5, 0.6) is 11.5 Å². The third-order valence-corrected chi connectivity index (χ3v) is 2.51. The van der Waals surface area contributed by atoms with Gasteiger partial charge in [-0.15, -0.1) is 0 Å². The molecule has 0 saturated heterocycles. The number of benzene rings is 1. The highest BCUT2D eigenvalue weighted by molar-refractivity contribution is 5.41. The fraction of sp³-hybridized carbons (Fsp3) is 0.500. The number of aromatic hydroxyl groups is 1. The van der Waals surface area contributed by atoms with Gasteiger partial charge in [0.15, 0.2) is 0 Å². The number of methoxy groups -OCH3 is 1. The van der Waals surface area contributed by atoms with Crippen LogP contribution in [0.25, 0.3) is 0 Å². The van der Waals surface area contributed by atoms with Crippen LogP contribution in [0.15, 0.2) is 18.2 Å². The first kappa shape index (κ1) is 11.9. The molecule has 15 heavy (non-hydrogen) atoms. The van der Waals surface area contributed by atoms with Gasteiger partial charge in [-0.2, -0.15) is 0 Å². The highest BCUT2D eigenvalue weighted by Gasteiger charge is 2.10. The number of nitrogens with two attached hydrogens (primary N) is 1. The van der Waals surface area contributed by atoms with Crippen molar-refractivity contribution >= 4 is 0 Å². The second-order valence-corrected chi connectivity index (χ2v) is 3.67. The fourth-order valence-electron chi connectivity index (χ4n) is 1.54. The molecule has 0 amide bonds. The van der Waals surface area contributed by atoms with E-state index in [2.05, 4.69) is 6.92 Å². The molecule has 1 aromatic rings. The van der Waals surface area contributed by atoms with Crippen molar-refractivity contribution in [3.63, 3.8) is 0 Å². The molecular formula is C12H19NO2. The van der Waals surface area contributed by atoms with Crippen molar-refractivity contribution in [2.75, 3.05) is 7.11 Å². The zero-order chi connectivity index (χ0) is 11.3. The molecule has 0 aromatic heterocycles. The average Bonchev–Trinajstić information content (AvgIpc) is 2.25. The van der Waals surface area contributed by atoms with Gasteiger partial charge < -0.3 is 15.6 Å². The molecule has 0 bridgehead atoms. The van der Waals surface area contributed by atoms with Crippen LogP contribution in [0, 0.1) is 0 Å². The first-order valence-corrected chi connectivity index (χ1v) is 5.31. The van der Waals surface area contributed by atoms with Crippen molar-refractivity contribution in [1.29, 1.82) is 0 Å². The third kappa shape index (κ3) is 3.13. The van der Waals surface area contributed by atoms with Crippen LogP contribution >= 0.6 is 0 Å². The number of rotatable bonds is 5. The lowest BCUT2D eigenvalue weighted by molar-refractivity contribution is 0.404. The largest absolute Gasteiger partial charge is 0.507 e. The molecule has 0 heterocycles. The summed E-state index contributed by atoms with van der Waals surface area (Å²) < 4.78 is 5.01. The first-order valence-electron chi connectivity index (χ1n) is 5.31. The van der Waals surface area contributed by atoms with E-state index in [0.29, 0.717) is 5.75 Å². The fourth-order valence-corrected chi connectivity index (χ4v) is 1.54. The molecule has 0 aliphatic heterocycles. The first-order chi connectivity index (χ1) is 7.19. The summed E-state index contributed by atoms with van der Waals surface area (Å²) in [7, 11) is 1.57. The van der Waals surface area contributed by atoms with Crippen LogP contribution in [-0.4, -0.2) is 12.2 Å². The zero-order valence-corrected chi connectivity index (χ0v) is 9.36. The predicted octanol–water partition coefficient (Wildman–Crippen LogP) is 2.59. The second kappa shape index (κ2) is 5.61. The second-order valence-electron chi connectivity index (χ2n) is 3.67. The summed E-state index contributed by atoms with van der Waals surface area (Å²) in [6, 6.07) is 5.16. The Bertz CT molecular complexity index is 312. The van der Waals surface area contributed by atoms with E-state index < -0.39 is 0 Å². The lowest BCUT2D eigenvalue weighted by Gasteiger charge is -2.13. The molecule has 0 aliphatic rings. The Labute approximate surface area is 90.9 Å². The molecule has 1 rings (SSSR count). The summed E-state index contributed by atoms with van der Waals surface area (Å²) in [5.74, 6) is 0.872. The Morgan fingerprint density at radius 1 is 1.47 bits per heavy atom. The Balaban J connectivity index is 2.76. The van der Waals surface area contributed by atoms with Gasteiger partial charge in [-0.25, -0.2) is 0 Å². The molecule has 0 aliphatic carbocycles. The molecule has 0 unspecified atom stereocenters. The lowest BCUT2D eigenvalue weighted by Crippen LogP contribution is -2.10. The summed E-state index contributed by atoms with van der Waals surface area (Å²) in [4.78, 5) is 0. The van der Waals surface area contributed by atoms with Crippen molar-refractivity contribution in [3.8, 4) is 11.5 Å². The van der Waals surface area contributed by atoms with Gasteiger partial charge in [0, 0.05) is 17.7 Å². The van der Waals surface area contributed by atoms with Gasteiger partial charge in [0.25, 0.3) is 0 Å². The third-order valence-electron chi connectivity index (χ3n) is 2.51. The Morgan fingerprint density at radius 2 is 2.20 bits per heavy atom. The molecule has 3 heteroatoms. The van der Waals surface area contributed by atoms with Crippen LogP contribution in [-0.2, 0) is 0 Å². The minimum Gasteiger partial charge on any atom is -0.507 e. The number of unbranched alkanes of at least 4 members (excludes halogenated alkanes) is 1. The highest BCUT2D eigenvalue weighted by atomic mass is 16.5. The normalized spacial score (nSPS) is 12.5. The minimum atomic E-state index is -0.0872. The van der Waals surface area contributed by atoms with E-state index in [4.69, 9.17) is 10.5 Å². The van der Waals surface area contributed by atoms with Gasteiger partial charge in [0.1, 0.15) is 11.5 Å². The molecule has 0 radical (unpaired) electrons. The molecule has 0 fully saturated rings. The van der Waals surface area contributed by atoms with Gasteiger partial charge in [0.05, 0.1) is 7.11 Å². The molecule has 84 valence electrons. The standard InChI is InChI=1S/C12H19NO2/c1-3-4-5-11(13)10-7-6-9(15-2)8-12(10)14/h6-8,11,14H,3-5,13H2,1-2H3/t11-/m1/s1. The Kier molecular flexibility index (Phi) is 4.43. The summed E-state index contributed by atoms with van der Waals surface area (Å²) in [5.41, 5.74) is 6.77. The van der Waals surface area contributed by atoms with E-state index >= 15 is 0 Å². The van der Waals surface area contributed by atoms with E-state index in [0.717, 1.165) is 24.8 Å². The molecule has 3 nitrogen and oxygen atoms in total. The quantitative estimate of drug-likeness (QED) is 0.783. The van der Waals surface area contributed by atoms with E-state index in [9.17, 15) is 5.11 Å². The molecule has 1 atom stereocenters. The van der Waals surface area contributed by atoms with E-state index in [1.165, 1.54) is 0 Å². The minimum absolute atomic E-state index is 0.0872. The topological polar surface area (TPSA) is 55.5 Å². The van der Waals surface area contributed by atoms with Crippen LogP contribution in [0.3, 0.4) is 0 Å². The van der Waals surface area contributed by atoms with Gasteiger partial charge in [0.2, 0.25) is 0 Å². The molecule has 3 N–H and O–H groups in total. The van der Waals surface area contributed by atoms with Crippen LogP contribution in [0.1, 0.15) is 37.8 Å². The van der Waals surface area contributed by atoms with Crippen molar-refractivity contribution in [3.05, 3.63) is 23.8 Å². The molecule has 0 saturated carbocycles. The maximum absolute atomic E-state index is 9.73. The average molecular weight is 209 g/mol. The zero-order valence-electron chi connectivity index (χ0n) is 9.36. The monoisotopic (exact) mass is 209 g/mol. The number of hydrogen-bond acceptors (Lipinski definition) is 3. The summed E-state index contributed by atoms with van der Waals surface area (Å²) in [6.07, 6.45) is 3.09. The van der Waals surface area contributed by atoms with Crippen LogP contribution in [0.2, 0.25) is 0 Å².